The van der Waals surface area contributed by atoms with E-state index in [1.165, 1.54) is 6.42 Å². The first kappa shape index (κ1) is 16.0. The highest BCUT2D eigenvalue weighted by Crippen LogP contribution is 2.31. The Morgan fingerprint density at radius 1 is 1.38 bits per heavy atom. The van der Waals surface area contributed by atoms with Gasteiger partial charge in [0.1, 0.15) is 0 Å². The molecule has 21 heavy (non-hydrogen) atoms. The van der Waals surface area contributed by atoms with E-state index in [0.717, 1.165) is 24.8 Å². The van der Waals surface area contributed by atoms with Crippen LogP contribution in [0.5, 0.6) is 0 Å². The molecule has 2 rings (SSSR count). The standard InChI is InChI=1S/C17H26N2O2/c1-14-6-5-9-17(21,10-14)13-18-12-16(20)19-11-15-7-3-2-4-8-15/h2-4,7-8,14,18,21H,5-6,9-13H2,1H3,(H,19,20). The molecular formula is C17H26N2O2. The fourth-order valence-corrected chi connectivity index (χ4v) is 3.06. The lowest BCUT2D eigenvalue weighted by Gasteiger charge is -2.35. The van der Waals surface area contributed by atoms with E-state index in [4.69, 9.17) is 0 Å². The lowest BCUT2D eigenvalue weighted by molar-refractivity contribution is -0.120. The minimum absolute atomic E-state index is 0.0358. The first-order valence-electron chi connectivity index (χ1n) is 7.81. The summed E-state index contributed by atoms with van der Waals surface area (Å²) in [7, 11) is 0. The third kappa shape index (κ3) is 5.48. The Kier molecular flexibility index (Phi) is 5.76. The van der Waals surface area contributed by atoms with Crippen LogP contribution in [0.4, 0.5) is 0 Å². The zero-order valence-electron chi connectivity index (χ0n) is 12.8. The quantitative estimate of drug-likeness (QED) is 0.749. The molecule has 0 bridgehead atoms. The summed E-state index contributed by atoms with van der Waals surface area (Å²) in [5.74, 6) is 0.531. The average molecular weight is 290 g/mol. The summed E-state index contributed by atoms with van der Waals surface area (Å²) >= 11 is 0. The Hall–Kier alpha value is -1.39. The van der Waals surface area contributed by atoms with Crippen molar-refractivity contribution in [1.29, 1.82) is 0 Å². The number of aliphatic hydroxyl groups is 1. The number of hydrogen-bond donors (Lipinski definition) is 3. The minimum atomic E-state index is -0.641. The van der Waals surface area contributed by atoms with Crippen LogP contribution < -0.4 is 10.6 Å². The van der Waals surface area contributed by atoms with Crippen molar-refractivity contribution in [2.24, 2.45) is 5.92 Å². The number of nitrogens with one attached hydrogen (secondary N) is 2. The molecule has 116 valence electrons. The lowest BCUT2D eigenvalue weighted by Crippen LogP contribution is -2.46. The molecule has 4 nitrogen and oxygen atoms in total. The number of carbonyl (C=O) groups is 1. The summed E-state index contributed by atoms with van der Waals surface area (Å²) in [6.07, 6.45) is 3.92. The second-order valence-electron chi connectivity index (χ2n) is 6.29. The molecule has 1 aromatic carbocycles. The van der Waals surface area contributed by atoms with Crippen molar-refractivity contribution in [2.45, 2.75) is 44.8 Å². The molecule has 2 unspecified atom stereocenters. The molecule has 0 heterocycles. The molecule has 1 aromatic rings. The highest BCUT2D eigenvalue weighted by molar-refractivity contribution is 5.77. The van der Waals surface area contributed by atoms with Crippen molar-refractivity contribution >= 4 is 5.91 Å². The molecule has 1 saturated carbocycles. The van der Waals surface area contributed by atoms with E-state index < -0.39 is 5.60 Å². The lowest BCUT2D eigenvalue weighted by atomic mass is 9.79. The Balaban J connectivity index is 1.65. The summed E-state index contributed by atoms with van der Waals surface area (Å²) in [5, 5.41) is 16.4. The van der Waals surface area contributed by atoms with E-state index in [0.29, 0.717) is 19.0 Å². The van der Waals surface area contributed by atoms with Crippen molar-refractivity contribution in [2.75, 3.05) is 13.1 Å². The van der Waals surface area contributed by atoms with E-state index in [2.05, 4.69) is 17.6 Å². The van der Waals surface area contributed by atoms with Crippen molar-refractivity contribution in [3.05, 3.63) is 35.9 Å². The molecule has 1 fully saturated rings. The molecule has 0 spiro atoms. The second-order valence-corrected chi connectivity index (χ2v) is 6.29. The summed E-state index contributed by atoms with van der Waals surface area (Å²) in [5.41, 5.74) is 0.447. The minimum Gasteiger partial charge on any atom is -0.389 e. The van der Waals surface area contributed by atoms with Gasteiger partial charge in [0.2, 0.25) is 5.91 Å². The van der Waals surface area contributed by atoms with Gasteiger partial charge in [0, 0.05) is 13.1 Å². The highest BCUT2D eigenvalue weighted by Gasteiger charge is 2.32. The van der Waals surface area contributed by atoms with Gasteiger partial charge in [0.25, 0.3) is 0 Å². The normalized spacial score (nSPS) is 25.5. The molecule has 1 amide bonds. The molecule has 0 saturated heterocycles. The Bertz CT molecular complexity index is 449. The van der Waals surface area contributed by atoms with Crippen LogP contribution in [0.15, 0.2) is 30.3 Å². The van der Waals surface area contributed by atoms with Gasteiger partial charge in [-0.3, -0.25) is 4.79 Å². The molecule has 1 aliphatic rings. The van der Waals surface area contributed by atoms with Gasteiger partial charge in [-0.15, -0.1) is 0 Å². The maximum atomic E-state index is 11.8. The number of benzene rings is 1. The molecule has 0 aliphatic heterocycles. The van der Waals surface area contributed by atoms with Gasteiger partial charge in [-0.05, 0) is 24.3 Å². The third-order valence-corrected chi connectivity index (χ3v) is 4.14. The van der Waals surface area contributed by atoms with Crippen LogP contribution in [0.25, 0.3) is 0 Å². The smallest absolute Gasteiger partial charge is 0.234 e. The first-order valence-corrected chi connectivity index (χ1v) is 7.81. The van der Waals surface area contributed by atoms with Gasteiger partial charge in [0.15, 0.2) is 0 Å². The zero-order chi connectivity index (χ0) is 15.1. The van der Waals surface area contributed by atoms with E-state index in [1.54, 1.807) is 0 Å². The zero-order valence-corrected chi connectivity index (χ0v) is 12.8. The number of rotatable bonds is 6. The van der Waals surface area contributed by atoms with Gasteiger partial charge in [-0.1, -0.05) is 50.1 Å². The highest BCUT2D eigenvalue weighted by atomic mass is 16.3. The Morgan fingerprint density at radius 2 is 2.14 bits per heavy atom. The van der Waals surface area contributed by atoms with E-state index in [-0.39, 0.29) is 12.5 Å². The van der Waals surface area contributed by atoms with Crippen molar-refractivity contribution in [3.8, 4) is 0 Å². The predicted octanol–water partition coefficient (Wildman–Crippen LogP) is 1.83. The van der Waals surface area contributed by atoms with Gasteiger partial charge < -0.3 is 15.7 Å². The summed E-state index contributed by atoms with van der Waals surface area (Å²) in [6.45, 7) is 3.47. The second kappa shape index (κ2) is 7.57. The van der Waals surface area contributed by atoms with Gasteiger partial charge in [-0.25, -0.2) is 0 Å². The monoisotopic (exact) mass is 290 g/mol. The molecular weight excluding hydrogens is 264 g/mol. The number of carbonyl (C=O) groups excluding carboxylic acids is 1. The van der Waals surface area contributed by atoms with Gasteiger partial charge in [0.05, 0.1) is 12.1 Å². The van der Waals surface area contributed by atoms with Crippen molar-refractivity contribution in [1.82, 2.24) is 10.6 Å². The third-order valence-electron chi connectivity index (χ3n) is 4.14. The van der Waals surface area contributed by atoms with E-state index in [1.807, 2.05) is 30.3 Å². The van der Waals surface area contributed by atoms with Crippen molar-refractivity contribution < 1.29 is 9.90 Å². The molecule has 0 aromatic heterocycles. The van der Waals surface area contributed by atoms with Crippen LogP contribution >= 0.6 is 0 Å². The molecule has 2 atom stereocenters. The SMILES string of the molecule is CC1CCCC(O)(CNCC(=O)NCc2ccccc2)C1. The number of amides is 1. The van der Waals surface area contributed by atoms with Crippen LogP contribution in [0.3, 0.4) is 0 Å². The average Bonchev–Trinajstić information content (AvgIpc) is 2.46. The fourth-order valence-electron chi connectivity index (χ4n) is 3.06. The van der Waals surface area contributed by atoms with Crippen LogP contribution in [0.1, 0.15) is 38.2 Å². The Labute approximate surface area is 126 Å². The molecule has 0 radical (unpaired) electrons. The van der Waals surface area contributed by atoms with Crippen molar-refractivity contribution in [3.63, 3.8) is 0 Å². The van der Waals surface area contributed by atoms with Gasteiger partial charge >= 0.3 is 0 Å². The van der Waals surface area contributed by atoms with Crippen LogP contribution in [0, 0.1) is 5.92 Å². The van der Waals surface area contributed by atoms with Crippen LogP contribution in [-0.4, -0.2) is 29.7 Å². The fraction of sp³-hybridized carbons (Fsp3) is 0.588. The predicted molar refractivity (Wildman–Crippen MR) is 83.7 cm³/mol. The van der Waals surface area contributed by atoms with Gasteiger partial charge in [-0.2, -0.15) is 0 Å². The largest absolute Gasteiger partial charge is 0.389 e. The first-order chi connectivity index (χ1) is 10.1. The van der Waals surface area contributed by atoms with Crippen LogP contribution in [-0.2, 0) is 11.3 Å². The van der Waals surface area contributed by atoms with E-state index >= 15 is 0 Å². The summed E-state index contributed by atoms with van der Waals surface area (Å²) in [6, 6.07) is 9.84. The number of hydrogen-bond acceptors (Lipinski definition) is 3. The molecule has 1 aliphatic carbocycles. The maximum Gasteiger partial charge on any atom is 0.234 e. The van der Waals surface area contributed by atoms with Crippen LogP contribution in [0.2, 0.25) is 0 Å². The Morgan fingerprint density at radius 3 is 2.86 bits per heavy atom. The molecule has 4 heteroatoms. The maximum absolute atomic E-state index is 11.8. The molecule has 3 N–H and O–H groups in total. The van der Waals surface area contributed by atoms with E-state index in [9.17, 15) is 9.90 Å². The summed E-state index contributed by atoms with van der Waals surface area (Å²) < 4.78 is 0. The topological polar surface area (TPSA) is 61.4 Å². The summed E-state index contributed by atoms with van der Waals surface area (Å²) in [4.78, 5) is 11.8.